The minimum atomic E-state index is -0.125. The standard InChI is InChI=1S/C9H8BrN3S/c10-7-2-4-14-9(7)8(11)6-1-3-12-13-5-6/h1-5,8H,11H2. The average Bonchev–Trinajstić information content (AvgIpc) is 2.65. The Labute approximate surface area is 94.1 Å². The molecular weight excluding hydrogens is 262 g/mol. The first-order valence-corrected chi connectivity index (χ1v) is 5.71. The molecule has 0 radical (unpaired) electrons. The van der Waals surface area contributed by atoms with Crippen LogP contribution in [0.1, 0.15) is 16.5 Å². The average molecular weight is 270 g/mol. The molecule has 1 unspecified atom stereocenters. The molecule has 0 amide bonds. The van der Waals surface area contributed by atoms with Crippen molar-refractivity contribution in [3.8, 4) is 0 Å². The predicted molar refractivity (Wildman–Crippen MR) is 60.1 cm³/mol. The van der Waals surface area contributed by atoms with E-state index in [0.717, 1.165) is 14.9 Å². The fraction of sp³-hybridized carbons (Fsp3) is 0.111. The van der Waals surface area contributed by atoms with Crippen molar-refractivity contribution >= 4 is 27.3 Å². The smallest absolute Gasteiger partial charge is 0.0673 e. The maximum absolute atomic E-state index is 6.07. The molecule has 0 spiro atoms. The second-order valence-corrected chi connectivity index (χ2v) is 4.59. The molecule has 2 heterocycles. The lowest BCUT2D eigenvalue weighted by atomic mass is 10.1. The molecule has 0 fully saturated rings. The molecule has 0 saturated heterocycles. The maximum atomic E-state index is 6.07. The monoisotopic (exact) mass is 269 g/mol. The largest absolute Gasteiger partial charge is 0.320 e. The number of halogens is 1. The van der Waals surface area contributed by atoms with Crippen LogP contribution in [0.15, 0.2) is 34.4 Å². The SMILES string of the molecule is NC(c1ccnnc1)c1sccc1Br. The quantitative estimate of drug-likeness (QED) is 0.911. The Morgan fingerprint density at radius 2 is 2.21 bits per heavy atom. The van der Waals surface area contributed by atoms with Crippen LogP contribution in [0.2, 0.25) is 0 Å². The van der Waals surface area contributed by atoms with Crippen LogP contribution in [0.25, 0.3) is 0 Å². The van der Waals surface area contributed by atoms with Crippen LogP contribution in [0.5, 0.6) is 0 Å². The highest BCUT2D eigenvalue weighted by Crippen LogP contribution is 2.30. The summed E-state index contributed by atoms with van der Waals surface area (Å²) in [6.45, 7) is 0. The van der Waals surface area contributed by atoms with Gasteiger partial charge in [0.25, 0.3) is 0 Å². The number of thiophene rings is 1. The molecule has 0 aromatic carbocycles. The van der Waals surface area contributed by atoms with E-state index >= 15 is 0 Å². The molecule has 0 bridgehead atoms. The topological polar surface area (TPSA) is 51.8 Å². The van der Waals surface area contributed by atoms with E-state index in [4.69, 9.17) is 5.73 Å². The Morgan fingerprint density at radius 1 is 1.36 bits per heavy atom. The van der Waals surface area contributed by atoms with Gasteiger partial charge in [-0.1, -0.05) is 0 Å². The van der Waals surface area contributed by atoms with Crippen LogP contribution in [-0.4, -0.2) is 10.2 Å². The third kappa shape index (κ3) is 1.84. The fourth-order valence-electron chi connectivity index (χ4n) is 1.16. The van der Waals surface area contributed by atoms with Gasteiger partial charge in [0, 0.05) is 15.5 Å². The highest BCUT2D eigenvalue weighted by molar-refractivity contribution is 9.10. The second-order valence-electron chi connectivity index (χ2n) is 2.79. The molecule has 5 heteroatoms. The number of hydrogen-bond donors (Lipinski definition) is 1. The zero-order chi connectivity index (χ0) is 9.97. The van der Waals surface area contributed by atoms with E-state index in [-0.39, 0.29) is 6.04 Å². The van der Waals surface area contributed by atoms with Gasteiger partial charge >= 0.3 is 0 Å². The molecule has 2 rings (SSSR count). The number of nitrogens with two attached hydrogens (primary N) is 1. The van der Waals surface area contributed by atoms with Crippen molar-refractivity contribution in [2.24, 2.45) is 5.73 Å². The highest BCUT2D eigenvalue weighted by atomic mass is 79.9. The molecule has 2 aromatic heterocycles. The van der Waals surface area contributed by atoms with E-state index in [2.05, 4.69) is 26.1 Å². The summed E-state index contributed by atoms with van der Waals surface area (Å²) in [5, 5.41) is 9.53. The van der Waals surface area contributed by atoms with Gasteiger partial charge in [-0.2, -0.15) is 10.2 Å². The Kier molecular flexibility index (Phi) is 2.90. The van der Waals surface area contributed by atoms with E-state index in [9.17, 15) is 0 Å². The van der Waals surface area contributed by atoms with Crippen molar-refractivity contribution in [1.29, 1.82) is 0 Å². The van der Waals surface area contributed by atoms with Crippen LogP contribution < -0.4 is 5.73 Å². The summed E-state index contributed by atoms with van der Waals surface area (Å²) in [7, 11) is 0. The zero-order valence-corrected chi connectivity index (χ0v) is 9.62. The lowest BCUT2D eigenvalue weighted by Gasteiger charge is -2.09. The van der Waals surface area contributed by atoms with Gasteiger partial charge in [0.15, 0.2) is 0 Å². The first kappa shape index (κ1) is 9.76. The maximum Gasteiger partial charge on any atom is 0.0673 e. The molecule has 72 valence electrons. The summed E-state index contributed by atoms with van der Waals surface area (Å²) in [6, 6.07) is 3.75. The van der Waals surface area contributed by atoms with Crippen LogP contribution >= 0.6 is 27.3 Å². The first-order chi connectivity index (χ1) is 6.79. The predicted octanol–water partition coefficient (Wildman–Crippen LogP) is 2.35. The van der Waals surface area contributed by atoms with Crippen molar-refractivity contribution in [3.63, 3.8) is 0 Å². The summed E-state index contributed by atoms with van der Waals surface area (Å²) < 4.78 is 1.05. The Balaban J connectivity index is 2.34. The fourth-order valence-corrected chi connectivity index (χ4v) is 2.81. The summed E-state index contributed by atoms with van der Waals surface area (Å²) in [5.74, 6) is 0. The number of aromatic nitrogens is 2. The first-order valence-electron chi connectivity index (χ1n) is 4.04. The zero-order valence-electron chi connectivity index (χ0n) is 7.22. The molecule has 0 aliphatic heterocycles. The van der Waals surface area contributed by atoms with Gasteiger partial charge in [-0.05, 0) is 39.0 Å². The van der Waals surface area contributed by atoms with Gasteiger partial charge in [-0.15, -0.1) is 11.3 Å². The molecule has 0 saturated carbocycles. The summed E-state index contributed by atoms with van der Waals surface area (Å²) >= 11 is 5.09. The van der Waals surface area contributed by atoms with Crippen molar-refractivity contribution in [1.82, 2.24) is 10.2 Å². The molecule has 14 heavy (non-hydrogen) atoms. The number of nitrogens with zero attached hydrogens (tertiary/aromatic N) is 2. The molecule has 2 aromatic rings. The summed E-state index contributed by atoms with van der Waals surface area (Å²) in [6.07, 6.45) is 3.34. The molecule has 0 aliphatic rings. The van der Waals surface area contributed by atoms with Crippen LogP contribution in [0.3, 0.4) is 0 Å². The molecule has 2 N–H and O–H groups in total. The Hall–Kier alpha value is -0.780. The van der Waals surface area contributed by atoms with E-state index in [1.54, 1.807) is 23.7 Å². The summed E-state index contributed by atoms with van der Waals surface area (Å²) in [5.41, 5.74) is 7.05. The lowest BCUT2D eigenvalue weighted by molar-refractivity contribution is 0.859. The van der Waals surface area contributed by atoms with E-state index < -0.39 is 0 Å². The third-order valence-electron chi connectivity index (χ3n) is 1.89. The van der Waals surface area contributed by atoms with Gasteiger partial charge in [0.2, 0.25) is 0 Å². The van der Waals surface area contributed by atoms with Crippen molar-refractivity contribution in [2.75, 3.05) is 0 Å². The number of hydrogen-bond acceptors (Lipinski definition) is 4. The summed E-state index contributed by atoms with van der Waals surface area (Å²) in [4.78, 5) is 1.11. The number of rotatable bonds is 2. The van der Waals surface area contributed by atoms with Gasteiger partial charge in [0.05, 0.1) is 12.2 Å². The molecule has 1 atom stereocenters. The van der Waals surface area contributed by atoms with Gasteiger partial charge in [-0.3, -0.25) is 0 Å². The van der Waals surface area contributed by atoms with E-state index in [0.29, 0.717) is 0 Å². The van der Waals surface area contributed by atoms with E-state index in [1.165, 1.54) is 0 Å². The molecule has 3 nitrogen and oxygen atoms in total. The Bertz CT molecular complexity index is 415. The van der Waals surface area contributed by atoms with Gasteiger partial charge < -0.3 is 5.73 Å². The Morgan fingerprint density at radius 3 is 2.79 bits per heavy atom. The lowest BCUT2D eigenvalue weighted by Crippen LogP contribution is -2.11. The van der Waals surface area contributed by atoms with Gasteiger partial charge in [0.1, 0.15) is 0 Å². The minimum Gasteiger partial charge on any atom is -0.320 e. The van der Waals surface area contributed by atoms with Crippen LogP contribution in [-0.2, 0) is 0 Å². The second kappa shape index (κ2) is 4.16. The van der Waals surface area contributed by atoms with Crippen molar-refractivity contribution in [2.45, 2.75) is 6.04 Å². The normalized spacial score (nSPS) is 12.7. The molecular formula is C9H8BrN3S. The van der Waals surface area contributed by atoms with E-state index in [1.807, 2.05) is 17.5 Å². The highest BCUT2D eigenvalue weighted by Gasteiger charge is 2.13. The third-order valence-corrected chi connectivity index (χ3v) is 3.85. The van der Waals surface area contributed by atoms with Gasteiger partial charge in [-0.25, -0.2) is 0 Å². The van der Waals surface area contributed by atoms with Crippen molar-refractivity contribution < 1.29 is 0 Å². The van der Waals surface area contributed by atoms with Crippen LogP contribution in [0, 0.1) is 0 Å². The minimum absolute atomic E-state index is 0.125. The molecule has 0 aliphatic carbocycles. The van der Waals surface area contributed by atoms with Crippen molar-refractivity contribution in [3.05, 3.63) is 44.8 Å². The van der Waals surface area contributed by atoms with Crippen LogP contribution in [0.4, 0.5) is 0 Å².